The first-order valence-corrected chi connectivity index (χ1v) is 9.73. The van der Waals surface area contributed by atoms with Gasteiger partial charge in [0.05, 0.1) is 5.56 Å². The van der Waals surface area contributed by atoms with Crippen molar-refractivity contribution in [1.82, 2.24) is 0 Å². The van der Waals surface area contributed by atoms with Crippen molar-refractivity contribution in [3.8, 4) is 22.3 Å². The number of halogens is 1. The van der Waals surface area contributed by atoms with Crippen molar-refractivity contribution in [3.63, 3.8) is 0 Å². The van der Waals surface area contributed by atoms with Crippen LogP contribution in [0.1, 0.15) is 21.9 Å². The van der Waals surface area contributed by atoms with Gasteiger partial charge in [-0.15, -0.1) is 0 Å². The Hall–Kier alpha value is -3.30. The van der Waals surface area contributed by atoms with E-state index >= 15 is 0 Å². The molecule has 0 unspecified atom stereocenters. The fourth-order valence-electron chi connectivity index (χ4n) is 3.49. The summed E-state index contributed by atoms with van der Waals surface area (Å²) in [4.78, 5) is 13.1. The molecule has 0 atom stereocenters. The van der Waals surface area contributed by atoms with Crippen LogP contribution in [-0.2, 0) is 0 Å². The molecule has 0 bridgehead atoms. The van der Waals surface area contributed by atoms with Crippen LogP contribution in [0.2, 0.25) is 5.02 Å². The number of aryl methyl sites for hydroxylation is 2. The Labute approximate surface area is 175 Å². The number of amides is 1. The highest BCUT2D eigenvalue weighted by atomic mass is 35.5. The van der Waals surface area contributed by atoms with Gasteiger partial charge in [0.2, 0.25) is 0 Å². The van der Waals surface area contributed by atoms with Gasteiger partial charge in [-0.25, -0.2) is 0 Å². The summed E-state index contributed by atoms with van der Waals surface area (Å²) in [6.07, 6.45) is 0. The topological polar surface area (TPSA) is 42.2 Å². The van der Waals surface area contributed by atoms with E-state index in [4.69, 9.17) is 16.0 Å². The molecule has 3 aromatic carbocycles. The maximum atomic E-state index is 13.1. The first kappa shape index (κ1) is 19.0. The maximum Gasteiger partial charge on any atom is 0.259 e. The van der Waals surface area contributed by atoms with E-state index < -0.39 is 0 Å². The second kappa shape index (κ2) is 7.98. The Kier molecular flexibility index (Phi) is 5.24. The Bertz CT molecular complexity index is 1140. The van der Waals surface area contributed by atoms with Gasteiger partial charge in [-0.1, -0.05) is 66.2 Å². The molecule has 1 heterocycles. The molecule has 1 aromatic heterocycles. The first-order chi connectivity index (χ1) is 14.0. The predicted octanol–water partition coefficient (Wildman–Crippen LogP) is 7.14. The third kappa shape index (κ3) is 3.96. The van der Waals surface area contributed by atoms with Gasteiger partial charge in [0.15, 0.2) is 0 Å². The van der Waals surface area contributed by atoms with E-state index in [1.807, 2.05) is 73.7 Å². The third-order valence-electron chi connectivity index (χ3n) is 4.87. The lowest BCUT2D eigenvalue weighted by Gasteiger charge is -2.09. The molecule has 29 heavy (non-hydrogen) atoms. The minimum atomic E-state index is -0.197. The Balaban J connectivity index is 1.61. The quantitative estimate of drug-likeness (QED) is 0.395. The molecule has 4 aromatic rings. The summed E-state index contributed by atoms with van der Waals surface area (Å²) in [6.45, 7) is 3.67. The Morgan fingerprint density at radius 1 is 0.759 bits per heavy atom. The van der Waals surface area contributed by atoms with E-state index in [-0.39, 0.29) is 5.91 Å². The molecule has 0 radical (unpaired) electrons. The highest BCUT2D eigenvalue weighted by Gasteiger charge is 2.22. The summed E-state index contributed by atoms with van der Waals surface area (Å²) < 4.78 is 5.77. The number of anilines is 1. The fourth-order valence-corrected chi connectivity index (χ4v) is 3.62. The Morgan fingerprint density at radius 2 is 1.34 bits per heavy atom. The zero-order valence-corrected chi connectivity index (χ0v) is 17.0. The molecule has 4 rings (SSSR count). The second-order valence-corrected chi connectivity index (χ2v) is 7.31. The SMILES string of the molecule is Cc1oc(C)c(-c2ccc(Cl)cc2)c1C(=O)Nc1ccc(-c2ccccc2)cc1. The van der Waals surface area contributed by atoms with Crippen LogP contribution >= 0.6 is 11.6 Å². The predicted molar refractivity (Wildman–Crippen MR) is 118 cm³/mol. The summed E-state index contributed by atoms with van der Waals surface area (Å²) in [7, 11) is 0. The van der Waals surface area contributed by atoms with Crippen LogP contribution in [-0.4, -0.2) is 5.91 Å². The molecular formula is C25H20ClNO2. The first-order valence-electron chi connectivity index (χ1n) is 9.35. The van der Waals surface area contributed by atoms with Crippen molar-refractivity contribution in [3.05, 3.63) is 101 Å². The number of benzene rings is 3. The van der Waals surface area contributed by atoms with Gasteiger partial charge in [-0.3, -0.25) is 4.79 Å². The van der Waals surface area contributed by atoms with Gasteiger partial charge in [0.25, 0.3) is 5.91 Å². The minimum Gasteiger partial charge on any atom is -0.465 e. The summed E-state index contributed by atoms with van der Waals surface area (Å²) in [5, 5.41) is 3.64. The zero-order valence-electron chi connectivity index (χ0n) is 16.2. The van der Waals surface area contributed by atoms with Crippen molar-refractivity contribution in [2.24, 2.45) is 0 Å². The van der Waals surface area contributed by atoms with E-state index in [0.29, 0.717) is 22.1 Å². The summed E-state index contributed by atoms with van der Waals surface area (Å²) >= 11 is 6.01. The number of hydrogen-bond donors (Lipinski definition) is 1. The molecule has 0 spiro atoms. The highest BCUT2D eigenvalue weighted by Crippen LogP contribution is 2.33. The summed E-state index contributed by atoms with van der Waals surface area (Å²) in [5.74, 6) is 1.09. The fraction of sp³-hybridized carbons (Fsp3) is 0.0800. The lowest BCUT2D eigenvalue weighted by molar-refractivity contribution is 0.102. The van der Waals surface area contributed by atoms with Gasteiger partial charge in [-0.05, 0) is 54.8 Å². The molecule has 1 amide bonds. The number of carbonyl (C=O) groups excluding carboxylic acids is 1. The molecule has 3 nitrogen and oxygen atoms in total. The van der Waals surface area contributed by atoms with Crippen LogP contribution < -0.4 is 5.32 Å². The molecule has 0 aliphatic carbocycles. The monoisotopic (exact) mass is 401 g/mol. The zero-order chi connectivity index (χ0) is 20.4. The van der Waals surface area contributed by atoms with Crippen molar-refractivity contribution < 1.29 is 9.21 Å². The maximum absolute atomic E-state index is 13.1. The molecule has 0 aliphatic heterocycles. The second-order valence-electron chi connectivity index (χ2n) is 6.87. The molecule has 1 N–H and O–H groups in total. The minimum absolute atomic E-state index is 0.197. The van der Waals surface area contributed by atoms with Crippen molar-refractivity contribution in [2.75, 3.05) is 5.32 Å². The lowest BCUT2D eigenvalue weighted by Crippen LogP contribution is -2.13. The molecule has 0 fully saturated rings. The number of carbonyl (C=O) groups is 1. The van der Waals surface area contributed by atoms with Crippen LogP contribution in [0, 0.1) is 13.8 Å². The van der Waals surface area contributed by atoms with Crippen LogP contribution in [0.15, 0.2) is 83.3 Å². The van der Waals surface area contributed by atoms with E-state index in [2.05, 4.69) is 17.4 Å². The van der Waals surface area contributed by atoms with Crippen LogP contribution in [0.4, 0.5) is 5.69 Å². The summed E-state index contributed by atoms with van der Waals surface area (Å²) in [5.41, 5.74) is 5.19. The number of nitrogens with one attached hydrogen (secondary N) is 1. The molecule has 0 saturated heterocycles. The average Bonchev–Trinajstić information content (AvgIpc) is 3.03. The molecule has 144 valence electrons. The highest BCUT2D eigenvalue weighted by molar-refractivity contribution is 6.30. The normalized spacial score (nSPS) is 10.7. The standard InChI is InChI=1S/C25H20ClNO2/c1-16-23(20-8-12-21(26)13-9-20)24(17(2)29-16)25(28)27-22-14-10-19(11-15-22)18-6-4-3-5-7-18/h3-15H,1-2H3,(H,27,28). The van der Waals surface area contributed by atoms with Gasteiger partial charge in [-0.2, -0.15) is 0 Å². The molecular weight excluding hydrogens is 382 g/mol. The number of rotatable bonds is 4. The molecule has 0 saturated carbocycles. The van der Waals surface area contributed by atoms with Gasteiger partial charge < -0.3 is 9.73 Å². The number of hydrogen-bond acceptors (Lipinski definition) is 2. The van der Waals surface area contributed by atoms with E-state index in [1.54, 1.807) is 6.92 Å². The van der Waals surface area contributed by atoms with E-state index in [0.717, 1.165) is 27.9 Å². The third-order valence-corrected chi connectivity index (χ3v) is 5.12. The summed E-state index contributed by atoms with van der Waals surface area (Å²) in [6, 6.07) is 25.3. The number of furan rings is 1. The van der Waals surface area contributed by atoms with Gasteiger partial charge >= 0.3 is 0 Å². The van der Waals surface area contributed by atoms with E-state index in [9.17, 15) is 4.79 Å². The largest absolute Gasteiger partial charge is 0.465 e. The average molecular weight is 402 g/mol. The molecule has 0 aliphatic rings. The lowest BCUT2D eigenvalue weighted by atomic mass is 10.00. The molecule has 4 heteroatoms. The smallest absolute Gasteiger partial charge is 0.259 e. The van der Waals surface area contributed by atoms with E-state index in [1.165, 1.54) is 0 Å². The van der Waals surface area contributed by atoms with Gasteiger partial charge in [0.1, 0.15) is 11.5 Å². The van der Waals surface area contributed by atoms with Crippen LogP contribution in [0.25, 0.3) is 22.3 Å². The van der Waals surface area contributed by atoms with Crippen LogP contribution in [0.3, 0.4) is 0 Å². The van der Waals surface area contributed by atoms with Gasteiger partial charge in [0, 0.05) is 16.3 Å². The van der Waals surface area contributed by atoms with Crippen molar-refractivity contribution in [1.29, 1.82) is 0 Å². The van der Waals surface area contributed by atoms with Crippen LogP contribution in [0.5, 0.6) is 0 Å². The van der Waals surface area contributed by atoms with Crippen molar-refractivity contribution in [2.45, 2.75) is 13.8 Å². The Morgan fingerprint density at radius 3 is 2.00 bits per heavy atom. The van der Waals surface area contributed by atoms with Crippen molar-refractivity contribution >= 4 is 23.2 Å².